The lowest BCUT2D eigenvalue weighted by Crippen LogP contribution is -2.28. The van der Waals surface area contributed by atoms with E-state index in [9.17, 15) is 0 Å². The molecule has 0 saturated carbocycles. The fourth-order valence-corrected chi connectivity index (χ4v) is 1.65. The van der Waals surface area contributed by atoms with Gasteiger partial charge in [0.25, 0.3) is 0 Å². The Bertz CT molecular complexity index is 538. The van der Waals surface area contributed by atoms with Crippen molar-refractivity contribution in [3.05, 3.63) is 71.8 Å². The number of guanidine groups is 1. The molecule has 0 fully saturated rings. The maximum Gasteiger partial charge on any atom is 0.209 e. The van der Waals surface area contributed by atoms with Gasteiger partial charge in [-0.25, -0.2) is 5.43 Å². The van der Waals surface area contributed by atoms with Gasteiger partial charge in [-0.3, -0.25) is 4.99 Å². The molecule has 0 bridgehead atoms. The second-order valence-electron chi connectivity index (χ2n) is 3.91. The van der Waals surface area contributed by atoms with Crippen LogP contribution in [0.1, 0.15) is 11.1 Å². The summed E-state index contributed by atoms with van der Waals surface area (Å²) in [6, 6.07) is 19.9. The molecule has 20 heavy (non-hydrogen) atoms. The van der Waals surface area contributed by atoms with Gasteiger partial charge in [0.2, 0.25) is 5.96 Å². The summed E-state index contributed by atoms with van der Waals surface area (Å²) >= 11 is 0. The number of hydrogen-bond acceptors (Lipinski definition) is 2. The van der Waals surface area contributed by atoms with Crippen LogP contribution in [-0.2, 0) is 0 Å². The van der Waals surface area contributed by atoms with Crippen LogP contribution >= 0.6 is 12.4 Å². The first-order valence-electron chi connectivity index (χ1n) is 5.98. The number of benzene rings is 2. The number of halogens is 1. The molecule has 0 amide bonds. The molecular weight excluding hydrogens is 272 g/mol. The van der Waals surface area contributed by atoms with E-state index < -0.39 is 0 Å². The number of nitrogens with zero attached hydrogens (tertiary/aromatic N) is 2. The summed E-state index contributed by atoms with van der Waals surface area (Å²) < 4.78 is 0. The van der Waals surface area contributed by atoms with Crippen LogP contribution in [-0.4, -0.2) is 18.7 Å². The molecule has 0 unspecified atom stereocenters. The average Bonchev–Trinajstić information content (AvgIpc) is 2.49. The largest absolute Gasteiger partial charge is 0.369 e. The molecule has 2 aromatic rings. The third-order valence-electron chi connectivity index (χ3n) is 2.62. The fourth-order valence-electron chi connectivity index (χ4n) is 1.65. The van der Waals surface area contributed by atoms with Gasteiger partial charge < -0.3 is 5.73 Å². The van der Waals surface area contributed by atoms with Crippen LogP contribution in [0, 0.1) is 0 Å². The highest BCUT2D eigenvalue weighted by atomic mass is 35.5. The van der Waals surface area contributed by atoms with Crippen molar-refractivity contribution >= 4 is 24.1 Å². The minimum atomic E-state index is 0. The number of aliphatic imine (C=N–C) groups is 1. The molecule has 2 aromatic carbocycles. The second kappa shape index (κ2) is 7.96. The number of nitrogens with one attached hydrogen (secondary N) is 1. The minimum absolute atomic E-state index is 0. The van der Waals surface area contributed by atoms with Gasteiger partial charge in [-0.2, -0.15) is 5.10 Å². The van der Waals surface area contributed by atoms with Gasteiger partial charge in [-0.05, 0) is 0 Å². The minimum Gasteiger partial charge on any atom is -0.369 e. The van der Waals surface area contributed by atoms with E-state index in [1.807, 2.05) is 60.7 Å². The fraction of sp³-hybridized carbons (Fsp3) is 0.0667. The lowest BCUT2D eigenvalue weighted by Gasteiger charge is -2.07. The SMILES string of the molecule is CN=C(N)NN=C(c1ccccc1)c1ccccc1.Cl. The summed E-state index contributed by atoms with van der Waals surface area (Å²) in [7, 11) is 1.61. The summed E-state index contributed by atoms with van der Waals surface area (Å²) in [6.45, 7) is 0. The van der Waals surface area contributed by atoms with Crippen molar-refractivity contribution in [2.45, 2.75) is 0 Å². The first-order valence-corrected chi connectivity index (χ1v) is 5.98. The molecule has 0 aliphatic carbocycles. The van der Waals surface area contributed by atoms with Crippen molar-refractivity contribution in [1.29, 1.82) is 0 Å². The van der Waals surface area contributed by atoms with Gasteiger partial charge in [-0.15, -0.1) is 12.4 Å². The Balaban J connectivity index is 0.00000200. The van der Waals surface area contributed by atoms with E-state index in [-0.39, 0.29) is 18.4 Å². The molecule has 4 nitrogen and oxygen atoms in total. The maximum absolute atomic E-state index is 5.61. The van der Waals surface area contributed by atoms with E-state index in [1.54, 1.807) is 7.05 Å². The van der Waals surface area contributed by atoms with E-state index in [0.717, 1.165) is 16.8 Å². The van der Waals surface area contributed by atoms with Gasteiger partial charge in [0.1, 0.15) is 0 Å². The number of hydrogen-bond donors (Lipinski definition) is 2. The zero-order valence-electron chi connectivity index (χ0n) is 11.2. The van der Waals surface area contributed by atoms with Crippen LogP contribution in [0.2, 0.25) is 0 Å². The van der Waals surface area contributed by atoms with Gasteiger partial charge in [0.05, 0.1) is 5.71 Å². The van der Waals surface area contributed by atoms with Gasteiger partial charge >= 0.3 is 0 Å². The predicted molar refractivity (Wildman–Crippen MR) is 86.5 cm³/mol. The summed E-state index contributed by atoms with van der Waals surface area (Å²) in [5.41, 5.74) is 11.2. The standard InChI is InChI=1S/C15H16N4.ClH/c1-17-15(16)19-18-14(12-8-4-2-5-9-12)13-10-6-3-7-11-13;/h2-11H,1H3,(H3,16,17,19);1H. The molecule has 0 spiro atoms. The van der Waals surface area contributed by atoms with Crippen molar-refractivity contribution in [3.8, 4) is 0 Å². The number of rotatable bonds is 3. The van der Waals surface area contributed by atoms with Crippen LogP contribution in [0.4, 0.5) is 0 Å². The molecule has 0 saturated heterocycles. The molecule has 0 atom stereocenters. The van der Waals surface area contributed by atoms with Gasteiger partial charge in [0.15, 0.2) is 0 Å². The Morgan fingerprint density at radius 3 is 1.75 bits per heavy atom. The first kappa shape index (κ1) is 15.7. The normalized spacial score (nSPS) is 10.3. The topological polar surface area (TPSA) is 62.8 Å². The maximum atomic E-state index is 5.61. The lowest BCUT2D eigenvalue weighted by molar-refractivity contribution is 0.999. The molecule has 0 aromatic heterocycles. The highest BCUT2D eigenvalue weighted by Crippen LogP contribution is 2.10. The van der Waals surface area contributed by atoms with Crippen molar-refractivity contribution in [2.24, 2.45) is 15.8 Å². The lowest BCUT2D eigenvalue weighted by atomic mass is 10.0. The summed E-state index contributed by atoms with van der Waals surface area (Å²) in [5, 5.41) is 4.35. The molecule has 0 aliphatic rings. The van der Waals surface area contributed by atoms with E-state index >= 15 is 0 Å². The van der Waals surface area contributed by atoms with Crippen LogP contribution in [0.25, 0.3) is 0 Å². The monoisotopic (exact) mass is 288 g/mol. The molecule has 5 heteroatoms. The van der Waals surface area contributed by atoms with E-state index in [0.29, 0.717) is 0 Å². The van der Waals surface area contributed by atoms with Crippen LogP contribution in [0.15, 0.2) is 70.8 Å². The Hall–Kier alpha value is -2.33. The predicted octanol–water partition coefficient (Wildman–Crippen LogP) is 2.39. The van der Waals surface area contributed by atoms with E-state index in [4.69, 9.17) is 5.73 Å². The zero-order chi connectivity index (χ0) is 13.5. The third-order valence-corrected chi connectivity index (χ3v) is 2.62. The summed E-state index contributed by atoms with van der Waals surface area (Å²) in [4.78, 5) is 3.82. The Kier molecular flexibility index (Phi) is 6.26. The highest BCUT2D eigenvalue weighted by Gasteiger charge is 2.06. The van der Waals surface area contributed by atoms with Gasteiger partial charge in [-0.1, -0.05) is 60.7 Å². The Labute approximate surface area is 124 Å². The molecule has 0 heterocycles. The van der Waals surface area contributed by atoms with Crippen molar-refractivity contribution in [2.75, 3.05) is 7.05 Å². The summed E-state index contributed by atoms with van der Waals surface area (Å²) in [5.74, 6) is 0.282. The summed E-state index contributed by atoms with van der Waals surface area (Å²) in [6.07, 6.45) is 0. The van der Waals surface area contributed by atoms with Crippen LogP contribution in [0.3, 0.4) is 0 Å². The quantitative estimate of drug-likeness (QED) is 0.517. The Morgan fingerprint density at radius 1 is 0.900 bits per heavy atom. The molecular formula is C15H17ClN4. The highest BCUT2D eigenvalue weighted by molar-refractivity contribution is 6.13. The zero-order valence-corrected chi connectivity index (χ0v) is 12.0. The smallest absolute Gasteiger partial charge is 0.209 e. The molecule has 104 valence electrons. The molecule has 0 radical (unpaired) electrons. The molecule has 0 aliphatic heterocycles. The van der Waals surface area contributed by atoms with Crippen molar-refractivity contribution in [3.63, 3.8) is 0 Å². The van der Waals surface area contributed by atoms with Gasteiger partial charge in [0, 0.05) is 18.2 Å². The Morgan fingerprint density at radius 2 is 1.35 bits per heavy atom. The third kappa shape index (κ3) is 4.10. The average molecular weight is 289 g/mol. The van der Waals surface area contributed by atoms with Crippen molar-refractivity contribution < 1.29 is 0 Å². The number of hydrazone groups is 1. The molecule has 3 N–H and O–H groups in total. The van der Waals surface area contributed by atoms with Crippen molar-refractivity contribution in [1.82, 2.24) is 5.43 Å². The van der Waals surface area contributed by atoms with E-state index in [2.05, 4.69) is 15.5 Å². The first-order chi connectivity index (χ1) is 9.31. The van der Waals surface area contributed by atoms with Crippen LogP contribution < -0.4 is 11.2 Å². The van der Waals surface area contributed by atoms with E-state index in [1.165, 1.54) is 0 Å². The molecule has 2 rings (SSSR count). The van der Waals surface area contributed by atoms with Crippen LogP contribution in [0.5, 0.6) is 0 Å². The number of nitrogens with two attached hydrogens (primary N) is 1. The second-order valence-corrected chi connectivity index (χ2v) is 3.91.